The van der Waals surface area contributed by atoms with E-state index >= 15 is 0 Å². The van der Waals surface area contributed by atoms with Crippen LogP contribution < -0.4 is 15.5 Å². The summed E-state index contributed by atoms with van der Waals surface area (Å²) in [5, 5.41) is 6.37. The van der Waals surface area contributed by atoms with Crippen LogP contribution in [0.15, 0.2) is 54.6 Å². The minimum absolute atomic E-state index is 0.223. The maximum absolute atomic E-state index is 13.6. The van der Waals surface area contributed by atoms with E-state index in [9.17, 15) is 14.4 Å². The van der Waals surface area contributed by atoms with Gasteiger partial charge in [0, 0.05) is 17.3 Å². The molecule has 4 atom stereocenters. The van der Waals surface area contributed by atoms with E-state index in [0.29, 0.717) is 17.8 Å². The van der Waals surface area contributed by atoms with Crippen molar-refractivity contribution in [3.63, 3.8) is 0 Å². The summed E-state index contributed by atoms with van der Waals surface area (Å²) in [6.45, 7) is 0. The first-order valence-electron chi connectivity index (χ1n) is 9.70. The Bertz CT molecular complexity index is 1010. The third-order valence-electron chi connectivity index (χ3n) is 6.27. The lowest BCUT2D eigenvalue weighted by atomic mass is 9.76. The zero-order valence-corrected chi connectivity index (χ0v) is 16.7. The fourth-order valence-electron chi connectivity index (χ4n) is 5.08. The number of benzene rings is 2. The van der Waals surface area contributed by atoms with Crippen molar-refractivity contribution in [3.8, 4) is 0 Å². The highest BCUT2D eigenvalue weighted by Crippen LogP contribution is 2.53. The predicted octanol–water partition coefficient (Wildman–Crippen LogP) is 2.36. The average molecular weight is 407 g/mol. The molecule has 0 aliphatic carbocycles. The molecular formula is C22H21N3O3S. The van der Waals surface area contributed by atoms with Gasteiger partial charge in [0.2, 0.25) is 17.7 Å². The third kappa shape index (κ3) is 2.44. The molecule has 2 N–H and O–H groups in total. The van der Waals surface area contributed by atoms with Crippen molar-refractivity contribution < 1.29 is 14.4 Å². The van der Waals surface area contributed by atoms with E-state index in [1.54, 1.807) is 36.0 Å². The van der Waals surface area contributed by atoms with Gasteiger partial charge in [0.05, 0.1) is 17.5 Å². The van der Waals surface area contributed by atoms with Gasteiger partial charge in [-0.15, -0.1) is 0 Å². The molecule has 3 amide bonds. The molecule has 6 nitrogen and oxygen atoms in total. The number of carbonyl (C=O) groups excluding carboxylic acids is 3. The maximum Gasteiger partial charge on any atom is 0.250 e. The van der Waals surface area contributed by atoms with Crippen LogP contribution in [-0.2, 0) is 19.9 Å². The van der Waals surface area contributed by atoms with Crippen LogP contribution in [0.5, 0.6) is 0 Å². The average Bonchev–Trinajstić information content (AvgIpc) is 3.32. The van der Waals surface area contributed by atoms with Gasteiger partial charge >= 0.3 is 0 Å². The van der Waals surface area contributed by atoms with Crippen LogP contribution >= 0.6 is 11.8 Å². The monoisotopic (exact) mass is 407 g/mol. The van der Waals surface area contributed by atoms with Crippen molar-refractivity contribution in [2.75, 3.05) is 22.2 Å². The Kier molecular flexibility index (Phi) is 4.26. The van der Waals surface area contributed by atoms with Crippen molar-refractivity contribution in [3.05, 3.63) is 60.2 Å². The molecule has 2 aromatic carbocycles. The largest absolute Gasteiger partial charge is 0.324 e. The smallest absolute Gasteiger partial charge is 0.250 e. The van der Waals surface area contributed by atoms with E-state index in [4.69, 9.17) is 0 Å². The third-order valence-corrected chi connectivity index (χ3v) is 6.91. The van der Waals surface area contributed by atoms with Crippen molar-refractivity contribution in [1.82, 2.24) is 5.32 Å². The molecule has 2 saturated heterocycles. The summed E-state index contributed by atoms with van der Waals surface area (Å²) in [5.41, 5.74) is 0.804. The van der Waals surface area contributed by atoms with E-state index in [2.05, 4.69) is 10.6 Å². The van der Waals surface area contributed by atoms with Crippen molar-refractivity contribution in [1.29, 1.82) is 0 Å². The Morgan fingerprint density at radius 1 is 1.00 bits per heavy atom. The standard InChI is InChI=1S/C22H21N3O3S/c1-29-12-11-16-17-18(20(27)25(19(17)26)13-7-3-2-4-8-13)22(24-16)14-9-5-6-10-15(14)23-21(22)28/h2-10,16-18,24H,11-12H2,1H3,(H,23,28)/t16-,17+,18+,22-/m1/s1. The summed E-state index contributed by atoms with van der Waals surface area (Å²) >= 11 is 1.69. The van der Waals surface area contributed by atoms with Gasteiger partial charge in [-0.1, -0.05) is 36.4 Å². The second kappa shape index (κ2) is 6.71. The number of para-hydroxylation sites is 2. The molecule has 3 aliphatic rings. The van der Waals surface area contributed by atoms with Crippen molar-refractivity contribution in [2.45, 2.75) is 18.0 Å². The van der Waals surface area contributed by atoms with Crippen LogP contribution in [0, 0.1) is 11.8 Å². The number of hydrogen-bond acceptors (Lipinski definition) is 5. The number of nitrogens with zero attached hydrogens (tertiary/aromatic N) is 1. The quantitative estimate of drug-likeness (QED) is 0.761. The molecule has 0 saturated carbocycles. The van der Waals surface area contributed by atoms with Crippen molar-refractivity contribution >= 4 is 40.9 Å². The lowest BCUT2D eigenvalue weighted by Crippen LogP contribution is -2.53. The number of fused-ring (bicyclic) bond motifs is 4. The Labute approximate surface area is 173 Å². The van der Waals surface area contributed by atoms with E-state index in [1.165, 1.54) is 4.90 Å². The SMILES string of the molecule is CSCC[C@H]1N[C@@]2(C(=O)Nc3ccccc32)[C@@H]2C(=O)N(c3ccccc3)C(=O)[C@H]21. The fourth-order valence-corrected chi connectivity index (χ4v) is 5.57. The molecule has 2 aromatic rings. The fraction of sp³-hybridized carbons (Fsp3) is 0.318. The number of nitrogens with one attached hydrogen (secondary N) is 2. The van der Waals surface area contributed by atoms with Crippen LogP contribution in [0.4, 0.5) is 11.4 Å². The molecule has 3 aliphatic heterocycles. The van der Waals surface area contributed by atoms with Gasteiger partial charge in [-0.3, -0.25) is 19.7 Å². The maximum atomic E-state index is 13.6. The van der Waals surface area contributed by atoms with Gasteiger partial charge in [-0.25, -0.2) is 4.90 Å². The number of imide groups is 1. The number of rotatable bonds is 4. The molecule has 7 heteroatoms. The number of carbonyl (C=O) groups is 3. The molecule has 29 heavy (non-hydrogen) atoms. The lowest BCUT2D eigenvalue weighted by Gasteiger charge is -2.29. The van der Waals surface area contributed by atoms with Crippen LogP contribution in [0.2, 0.25) is 0 Å². The van der Waals surface area contributed by atoms with Gasteiger partial charge in [-0.05, 0) is 36.6 Å². The zero-order valence-electron chi connectivity index (χ0n) is 15.9. The summed E-state index contributed by atoms with van der Waals surface area (Å²) in [7, 11) is 0. The highest BCUT2D eigenvalue weighted by Gasteiger charge is 2.70. The van der Waals surface area contributed by atoms with Crippen LogP contribution in [0.1, 0.15) is 12.0 Å². The van der Waals surface area contributed by atoms with E-state index in [-0.39, 0.29) is 23.8 Å². The summed E-state index contributed by atoms with van der Waals surface area (Å²) in [4.78, 5) is 41.6. The number of hydrogen-bond donors (Lipinski definition) is 2. The van der Waals surface area contributed by atoms with E-state index < -0.39 is 17.4 Å². The Hall–Kier alpha value is -2.64. The normalized spacial score (nSPS) is 30.0. The second-order valence-electron chi connectivity index (χ2n) is 7.69. The topological polar surface area (TPSA) is 78.5 Å². The van der Waals surface area contributed by atoms with Gasteiger partial charge in [0.1, 0.15) is 5.54 Å². The van der Waals surface area contributed by atoms with Gasteiger partial charge in [0.25, 0.3) is 0 Å². The summed E-state index contributed by atoms with van der Waals surface area (Å²) in [6, 6.07) is 16.2. The number of amides is 3. The molecule has 0 radical (unpaired) electrons. The van der Waals surface area contributed by atoms with Crippen LogP contribution in [-0.4, -0.2) is 35.8 Å². The molecule has 0 aromatic heterocycles. The first kappa shape index (κ1) is 18.4. The highest BCUT2D eigenvalue weighted by molar-refractivity contribution is 7.98. The molecule has 0 bridgehead atoms. The predicted molar refractivity (Wildman–Crippen MR) is 113 cm³/mol. The van der Waals surface area contributed by atoms with E-state index in [1.807, 2.05) is 36.6 Å². The lowest BCUT2D eigenvalue weighted by molar-refractivity contribution is -0.130. The Balaban J connectivity index is 1.65. The van der Waals surface area contributed by atoms with Crippen LogP contribution in [0.3, 0.4) is 0 Å². The number of anilines is 2. The molecule has 0 unspecified atom stereocenters. The Morgan fingerprint density at radius 3 is 2.48 bits per heavy atom. The van der Waals surface area contributed by atoms with Gasteiger partial charge in [0.15, 0.2) is 0 Å². The van der Waals surface area contributed by atoms with Gasteiger partial charge in [-0.2, -0.15) is 11.8 Å². The van der Waals surface area contributed by atoms with Gasteiger partial charge < -0.3 is 5.32 Å². The minimum Gasteiger partial charge on any atom is -0.324 e. The molecule has 148 valence electrons. The summed E-state index contributed by atoms with van der Waals surface area (Å²) in [6.07, 6.45) is 2.72. The Morgan fingerprint density at radius 2 is 1.72 bits per heavy atom. The number of thioether (sulfide) groups is 1. The molecule has 3 heterocycles. The highest BCUT2D eigenvalue weighted by atomic mass is 32.2. The van der Waals surface area contributed by atoms with E-state index in [0.717, 1.165) is 11.3 Å². The summed E-state index contributed by atoms with van der Waals surface area (Å²) in [5.74, 6) is -1.27. The van der Waals surface area contributed by atoms with Crippen LogP contribution in [0.25, 0.3) is 0 Å². The first-order chi connectivity index (χ1) is 14.1. The van der Waals surface area contributed by atoms with Crippen molar-refractivity contribution in [2.24, 2.45) is 11.8 Å². The molecular weight excluding hydrogens is 386 g/mol. The molecule has 5 rings (SSSR count). The summed E-state index contributed by atoms with van der Waals surface area (Å²) < 4.78 is 0. The molecule has 1 spiro atoms. The first-order valence-corrected chi connectivity index (χ1v) is 11.1. The minimum atomic E-state index is -1.21. The second-order valence-corrected chi connectivity index (χ2v) is 8.68. The molecule has 2 fully saturated rings. The zero-order chi connectivity index (χ0) is 20.2.